The summed E-state index contributed by atoms with van der Waals surface area (Å²) in [6.45, 7) is 5.41. The number of benzene rings is 1. The molecule has 1 aliphatic rings. The molecule has 0 aliphatic carbocycles. The first-order chi connectivity index (χ1) is 14.0. The predicted molar refractivity (Wildman–Crippen MR) is 117 cm³/mol. The molecule has 2 amide bonds. The Hall–Kier alpha value is -2.86. The number of hydrogen-bond donors (Lipinski definition) is 1. The maximum absolute atomic E-state index is 12.7. The molecule has 1 saturated heterocycles. The highest BCUT2D eigenvalue weighted by Crippen LogP contribution is 2.23. The van der Waals surface area contributed by atoms with Crippen LogP contribution in [0, 0.1) is 19.8 Å². The van der Waals surface area contributed by atoms with Gasteiger partial charge in [-0.05, 0) is 74.5 Å². The lowest BCUT2D eigenvalue weighted by molar-refractivity contribution is -0.121. The van der Waals surface area contributed by atoms with Gasteiger partial charge in [-0.1, -0.05) is 6.07 Å². The van der Waals surface area contributed by atoms with Gasteiger partial charge in [0.1, 0.15) is 0 Å². The summed E-state index contributed by atoms with van der Waals surface area (Å²) in [6, 6.07) is 15.9. The van der Waals surface area contributed by atoms with Gasteiger partial charge in [0.05, 0.1) is 4.88 Å². The van der Waals surface area contributed by atoms with E-state index in [1.165, 1.54) is 22.7 Å². The standard InChI is InChI=1S/C23H25N3O2S/c1-16-5-6-17(2)26(16)20-9-7-19(8-10-20)24-22(27)18-11-13-25(14-12-18)23(28)21-4-3-15-29-21/h3-10,15,18H,11-14H2,1-2H3,(H,24,27). The zero-order valence-electron chi connectivity index (χ0n) is 16.7. The molecule has 0 unspecified atom stereocenters. The number of aryl methyl sites for hydroxylation is 2. The molecule has 1 fully saturated rings. The maximum Gasteiger partial charge on any atom is 0.263 e. The molecule has 0 atom stereocenters. The van der Waals surface area contributed by atoms with E-state index >= 15 is 0 Å². The minimum absolute atomic E-state index is 0.0364. The summed E-state index contributed by atoms with van der Waals surface area (Å²) in [5.74, 6) is 0.0512. The van der Waals surface area contributed by atoms with Crippen LogP contribution in [0.1, 0.15) is 33.9 Å². The Morgan fingerprint density at radius 2 is 1.62 bits per heavy atom. The molecule has 4 rings (SSSR count). The van der Waals surface area contributed by atoms with Crippen molar-refractivity contribution in [3.63, 3.8) is 0 Å². The van der Waals surface area contributed by atoms with Gasteiger partial charge < -0.3 is 14.8 Å². The van der Waals surface area contributed by atoms with Crippen LogP contribution in [0.2, 0.25) is 0 Å². The molecule has 0 radical (unpaired) electrons. The molecule has 3 aromatic rings. The van der Waals surface area contributed by atoms with E-state index in [1.54, 1.807) is 0 Å². The summed E-state index contributed by atoms with van der Waals surface area (Å²) in [5, 5.41) is 4.95. The number of rotatable bonds is 4. The number of anilines is 1. The summed E-state index contributed by atoms with van der Waals surface area (Å²) in [5.41, 5.74) is 4.26. The highest BCUT2D eigenvalue weighted by molar-refractivity contribution is 7.12. The van der Waals surface area contributed by atoms with Crippen molar-refractivity contribution in [1.29, 1.82) is 0 Å². The van der Waals surface area contributed by atoms with Gasteiger partial charge in [-0.25, -0.2) is 0 Å². The monoisotopic (exact) mass is 407 g/mol. The normalized spacial score (nSPS) is 14.8. The number of piperidine rings is 1. The molecular formula is C23H25N3O2S. The van der Waals surface area contributed by atoms with E-state index in [0.717, 1.165) is 16.3 Å². The van der Waals surface area contributed by atoms with Crippen LogP contribution in [0.3, 0.4) is 0 Å². The van der Waals surface area contributed by atoms with Gasteiger partial charge in [-0.3, -0.25) is 9.59 Å². The average molecular weight is 408 g/mol. The quantitative estimate of drug-likeness (QED) is 0.685. The number of likely N-dealkylation sites (tertiary alicyclic amines) is 1. The topological polar surface area (TPSA) is 54.3 Å². The average Bonchev–Trinajstić information content (AvgIpc) is 3.38. The third-order valence-electron chi connectivity index (χ3n) is 5.55. The third kappa shape index (κ3) is 4.12. The van der Waals surface area contributed by atoms with Crippen LogP contribution in [0.15, 0.2) is 53.9 Å². The molecule has 0 saturated carbocycles. The van der Waals surface area contributed by atoms with Crippen molar-refractivity contribution in [1.82, 2.24) is 9.47 Å². The van der Waals surface area contributed by atoms with Crippen molar-refractivity contribution in [3.05, 3.63) is 70.2 Å². The van der Waals surface area contributed by atoms with E-state index in [-0.39, 0.29) is 17.7 Å². The summed E-state index contributed by atoms with van der Waals surface area (Å²) in [4.78, 5) is 27.7. The first kappa shape index (κ1) is 19.5. The van der Waals surface area contributed by atoms with E-state index in [2.05, 4.69) is 35.9 Å². The Morgan fingerprint density at radius 1 is 0.966 bits per heavy atom. The molecule has 3 heterocycles. The smallest absolute Gasteiger partial charge is 0.263 e. The van der Waals surface area contributed by atoms with Crippen molar-refractivity contribution in [2.45, 2.75) is 26.7 Å². The van der Waals surface area contributed by atoms with Gasteiger partial charge in [-0.2, -0.15) is 0 Å². The lowest BCUT2D eigenvalue weighted by Gasteiger charge is -2.31. The SMILES string of the molecule is Cc1ccc(C)n1-c1ccc(NC(=O)C2CCN(C(=O)c3cccs3)CC2)cc1. The van der Waals surface area contributed by atoms with Gasteiger partial charge in [-0.15, -0.1) is 11.3 Å². The van der Waals surface area contributed by atoms with Crippen LogP contribution >= 0.6 is 11.3 Å². The fourth-order valence-electron chi connectivity index (χ4n) is 3.91. The lowest BCUT2D eigenvalue weighted by atomic mass is 9.95. The number of amides is 2. The van der Waals surface area contributed by atoms with E-state index < -0.39 is 0 Å². The molecule has 1 N–H and O–H groups in total. The van der Waals surface area contributed by atoms with Crippen LogP contribution < -0.4 is 5.32 Å². The van der Waals surface area contributed by atoms with Crippen molar-refractivity contribution in [2.75, 3.05) is 18.4 Å². The van der Waals surface area contributed by atoms with E-state index in [9.17, 15) is 9.59 Å². The minimum atomic E-state index is -0.0593. The number of carbonyl (C=O) groups is 2. The lowest BCUT2D eigenvalue weighted by Crippen LogP contribution is -2.41. The Morgan fingerprint density at radius 3 is 2.21 bits per heavy atom. The zero-order chi connectivity index (χ0) is 20.4. The summed E-state index contributed by atoms with van der Waals surface area (Å²) >= 11 is 1.46. The highest BCUT2D eigenvalue weighted by Gasteiger charge is 2.28. The number of nitrogens with zero attached hydrogens (tertiary/aromatic N) is 2. The summed E-state index contributed by atoms with van der Waals surface area (Å²) in [7, 11) is 0. The molecule has 6 heteroatoms. The Bertz CT molecular complexity index is 978. The first-order valence-electron chi connectivity index (χ1n) is 9.92. The van der Waals surface area contributed by atoms with Crippen molar-refractivity contribution < 1.29 is 9.59 Å². The number of aromatic nitrogens is 1. The van der Waals surface area contributed by atoms with E-state index in [0.29, 0.717) is 25.9 Å². The van der Waals surface area contributed by atoms with Crippen LogP contribution in [0.5, 0.6) is 0 Å². The number of carbonyl (C=O) groups excluding carboxylic acids is 2. The number of nitrogens with one attached hydrogen (secondary N) is 1. The fraction of sp³-hybridized carbons (Fsp3) is 0.304. The van der Waals surface area contributed by atoms with E-state index in [4.69, 9.17) is 0 Å². The number of thiophene rings is 1. The largest absolute Gasteiger partial charge is 0.338 e. The first-order valence-corrected chi connectivity index (χ1v) is 10.8. The van der Waals surface area contributed by atoms with Crippen molar-refractivity contribution >= 4 is 28.8 Å². The molecule has 150 valence electrons. The molecular weight excluding hydrogens is 382 g/mol. The molecule has 5 nitrogen and oxygen atoms in total. The number of hydrogen-bond acceptors (Lipinski definition) is 3. The second-order valence-corrected chi connectivity index (χ2v) is 8.48. The van der Waals surface area contributed by atoms with Gasteiger partial charge >= 0.3 is 0 Å². The van der Waals surface area contributed by atoms with E-state index in [1.807, 2.05) is 46.7 Å². The highest BCUT2D eigenvalue weighted by atomic mass is 32.1. The molecule has 2 aromatic heterocycles. The minimum Gasteiger partial charge on any atom is -0.338 e. The molecule has 0 spiro atoms. The summed E-state index contributed by atoms with van der Waals surface area (Å²) < 4.78 is 2.19. The second-order valence-electron chi connectivity index (χ2n) is 7.53. The van der Waals surface area contributed by atoms with Crippen molar-refractivity contribution in [3.8, 4) is 5.69 Å². The molecule has 29 heavy (non-hydrogen) atoms. The van der Waals surface area contributed by atoms with Gasteiger partial charge in [0, 0.05) is 41.8 Å². The third-order valence-corrected chi connectivity index (χ3v) is 6.41. The molecule has 0 bridgehead atoms. The van der Waals surface area contributed by atoms with Crippen molar-refractivity contribution in [2.24, 2.45) is 5.92 Å². The van der Waals surface area contributed by atoms with Crippen LogP contribution in [-0.2, 0) is 4.79 Å². The Kier molecular flexibility index (Phi) is 5.53. The van der Waals surface area contributed by atoms with Gasteiger partial charge in [0.2, 0.25) is 5.91 Å². The summed E-state index contributed by atoms with van der Waals surface area (Å²) in [6.07, 6.45) is 1.39. The maximum atomic E-state index is 12.7. The Balaban J connectivity index is 1.34. The van der Waals surface area contributed by atoms with Gasteiger partial charge in [0.25, 0.3) is 5.91 Å². The zero-order valence-corrected chi connectivity index (χ0v) is 17.5. The molecule has 1 aromatic carbocycles. The Labute approximate surface area is 175 Å². The second kappa shape index (κ2) is 8.25. The predicted octanol–water partition coefficient (Wildman–Crippen LogP) is 4.65. The fourth-order valence-corrected chi connectivity index (χ4v) is 4.61. The van der Waals surface area contributed by atoms with Crippen LogP contribution in [-0.4, -0.2) is 34.4 Å². The van der Waals surface area contributed by atoms with Crippen LogP contribution in [0.25, 0.3) is 5.69 Å². The molecule has 1 aliphatic heterocycles. The van der Waals surface area contributed by atoms with Crippen LogP contribution in [0.4, 0.5) is 5.69 Å². The van der Waals surface area contributed by atoms with Gasteiger partial charge in [0.15, 0.2) is 0 Å².